The van der Waals surface area contributed by atoms with Gasteiger partial charge in [-0.25, -0.2) is 15.8 Å². The van der Waals surface area contributed by atoms with E-state index in [9.17, 15) is 0 Å². The lowest BCUT2D eigenvalue weighted by atomic mass is 9.93. The zero-order valence-corrected chi connectivity index (χ0v) is 11.6. The highest BCUT2D eigenvalue weighted by Crippen LogP contribution is 2.34. The number of rotatable bonds is 5. The molecule has 0 unspecified atom stereocenters. The Hall–Kier alpha value is -1.24. The molecule has 0 radical (unpaired) electrons. The number of methoxy groups -OCH3 is 1. The van der Waals surface area contributed by atoms with Crippen molar-refractivity contribution in [2.45, 2.75) is 38.2 Å². The summed E-state index contributed by atoms with van der Waals surface area (Å²) < 4.78 is 11.1. The molecule has 0 amide bonds. The Balaban J connectivity index is 2.37. The van der Waals surface area contributed by atoms with E-state index in [1.807, 2.05) is 6.07 Å². The van der Waals surface area contributed by atoms with Crippen molar-refractivity contribution >= 4 is 5.82 Å². The van der Waals surface area contributed by atoms with E-state index in [4.69, 9.17) is 15.3 Å². The summed E-state index contributed by atoms with van der Waals surface area (Å²) in [5, 5.41) is 0. The molecule has 106 valence electrons. The lowest BCUT2D eigenvalue weighted by Gasteiger charge is -2.34. The van der Waals surface area contributed by atoms with Gasteiger partial charge in [-0.2, -0.15) is 0 Å². The zero-order chi connectivity index (χ0) is 13.7. The van der Waals surface area contributed by atoms with Gasteiger partial charge in [0, 0.05) is 44.9 Å². The molecule has 19 heavy (non-hydrogen) atoms. The molecular formula is C13H22N4O2. The number of aromatic nitrogens is 2. The number of hydrogen-bond donors (Lipinski definition) is 2. The van der Waals surface area contributed by atoms with E-state index in [0.29, 0.717) is 24.9 Å². The highest BCUT2D eigenvalue weighted by atomic mass is 16.5. The zero-order valence-electron chi connectivity index (χ0n) is 11.6. The molecule has 0 saturated carbocycles. The number of hydrogen-bond acceptors (Lipinski definition) is 6. The molecule has 1 aromatic heterocycles. The fraction of sp³-hybridized carbons (Fsp3) is 0.692. The first-order valence-electron chi connectivity index (χ1n) is 6.72. The second-order valence-corrected chi connectivity index (χ2v) is 4.77. The third-order valence-corrected chi connectivity index (χ3v) is 3.53. The Morgan fingerprint density at radius 3 is 2.74 bits per heavy atom. The molecule has 1 saturated heterocycles. The monoisotopic (exact) mass is 266 g/mol. The number of aryl methyl sites for hydroxylation is 1. The van der Waals surface area contributed by atoms with E-state index in [1.54, 1.807) is 7.11 Å². The molecule has 6 nitrogen and oxygen atoms in total. The third kappa shape index (κ3) is 3.02. The predicted octanol–water partition coefficient (Wildman–Crippen LogP) is 1.37. The highest BCUT2D eigenvalue weighted by molar-refractivity contribution is 5.35. The summed E-state index contributed by atoms with van der Waals surface area (Å²) in [5.41, 5.74) is 3.15. The summed E-state index contributed by atoms with van der Waals surface area (Å²) >= 11 is 0. The van der Waals surface area contributed by atoms with Crippen LogP contribution in [0.2, 0.25) is 0 Å². The first-order valence-corrected chi connectivity index (χ1v) is 6.72. The molecule has 1 fully saturated rings. The summed E-state index contributed by atoms with van der Waals surface area (Å²) in [7, 11) is 1.71. The maximum atomic E-state index is 5.72. The van der Waals surface area contributed by atoms with Crippen LogP contribution in [0.1, 0.15) is 37.7 Å². The van der Waals surface area contributed by atoms with Gasteiger partial charge in [0.05, 0.1) is 0 Å². The number of nitrogen functional groups attached to an aromatic ring is 1. The molecule has 1 aliphatic heterocycles. The molecule has 0 aliphatic carbocycles. The third-order valence-electron chi connectivity index (χ3n) is 3.53. The van der Waals surface area contributed by atoms with Crippen LogP contribution in [0.3, 0.4) is 0 Å². The normalized spacial score (nSPS) is 18.3. The molecule has 3 N–H and O–H groups in total. The summed E-state index contributed by atoms with van der Waals surface area (Å²) in [5.74, 6) is 6.83. The van der Waals surface area contributed by atoms with Gasteiger partial charge < -0.3 is 14.9 Å². The lowest BCUT2D eigenvalue weighted by Crippen LogP contribution is -2.37. The number of hydrazine groups is 1. The van der Waals surface area contributed by atoms with Crippen LogP contribution >= 0.6 is 0 Å². The smallest absolute Gasteiger partial charge is 0.163 e. The van der Waals surface area contributed by atoms with Gasteiger partial charge in [-0.1, -0.05) is 13.3 Å². The fourth-order valence-corrected chi connectivity index (χ4v) is 2.38. The number of nitrogens with zero attached hydrogens (tertiary/aromatic N) is 2. The predicted molar refractivity (Wildman–Crippen MR) is 72.6 cm³/mol. The minimum absolute atomic E-state index is 0.451. The van der Waals surface area contributed by atoms with E-state index in [1.165, 1.54) is 0 Å². The van der Waals surface area contributed by atoms with Gasteiger partial charge in [0.25, 0.3) is 0 Å². The van der Waals surface area contributed by atoms with Gasteiger partial charge in [0.2, 0.25) is 0 Å². The summed E-state index contributed by atoms with van der Waals surface area (Å²) in [6.45, 7) is 3.46. The maximum Gasteiger partial charge on any atom is 0.163 e. The molecule has 1 aromatic rings. The standard InChI is InChI=1S/C13H22N4O2/c1-3-4-10-9-11(17-14)16-12(15-10)13(18-2)5-7-19-8-6-13/h9H,3-8,14H2,1-2H3,(H,15,16,17). The van der Waals surface area contributed by atoms with Crippen LogP contribution in [0.4, 0.5) is 5.82 Å². The van der Waals surface area contributed by atoms with Crippen molar-refractivity contribution < 1.29 is 9.47 Å². The highest BCUT2D eigenvalue weighted by Gasteiger charge is 2.37. The van der Waals surface area contributed by atoms with Crippen molar-refractivity contribution in [2.24, 2.45) is 5.84 Å². The summed E-state index contributed by atoms with van der Waals surface area (Å²) in [4.78, 5) is 9.12. The van der Waals surface area contributed by atoms with Crippen LogP contribution < -0.4 is 11.3 Å². The van der Waals surface area contributed by atoms with Gasteiger partial charge in [0.15, 0.2) is 5.82 Å². The molecule has 0 bridgehead atoms. The van der Waals surface area contributed by atoms with Crippen LogP contribution in [0.15, 0.2) is 6.07 Å². The van der Waals surface area contributed by atoms with Gasteiger partial charge >= 0.3 is 0 Å². The van der Waals surface area contributed by atoms with Crippen molar-refractivity contribution in [3.05, 3.63) is 17.6 Å². The number of ether oxygens (including phenoxy) is 2. The average Bonchev–Trinajstić information content (AvgIpc) is 2.48. The molecule has 0 spiro atoms. The van der Waals surface area contributed by atoms with E-state index in [0.717, 1.165) is 31.4 Å². The Bertz CT molecular complexity index is 419. The minimum Gasteiger partial charge on any atom is -0.381 e. The SMILES string of the molecule is CCCc1cc(NN)nc(C2(OC)CCOCC2)n1. The maximum absolute atomic E-state index is 5.72. The lowest BCUT2D eigenvalue weighted by molar-refractivity contribution is -0.1000. The molecular weight excluding hydrogens is 244 g/mol. The van der Waals surface area contributed by atoms with Crippen molar-refractivity contribution in [3.8, 4) is 0 Å². The second kappa shape index (κ2) is 6.27. The van der Waals surface area contributed by atoms with Crippen molar-refractivity contribution in [2.75, 3.05) is 25.7 Å². The first-order chi connectivity index (χ1) is 9.24. The van der Waals surface area contributed by atoms with Crippen LogP contribution in [-0.4, -0.2) is 30.3 Å². The van der Waals surface area contributed by atoms with E-state index >= 15 is 0 Å². The molecule has 6 heteroatoms. The van der Waals surface area contributed by atoms with E-state index in [-0.39, 0.29) is 0 Å². The number of nitrogens with one attached hydrogen (secondary N) is 1. The van der Waals surface area contributed by atoms with Crippen molar-refractivity contribution in [1.29, 1.82) is 0 Å². The summed E-state index contributed by atoms with van der Waals surface area (Å²) in [6.07, 6.45) is 3.47. The van der Waals surface area contributed by atoms with E-state index < -0.39 is 5.60 Å². The molecule has 2 rings (SSSR count). The Kier molecular flexibility index (Phi) is 4.68. The van der Waals surface area contributed by atoms with E-state index in [2.05, 4.69) is 22.3 Å². The van der Waals surface area contributed by atoms with Crippen LogP contribution in [0.25, 0.3) is 0 Å². The van der Waals surface area contributed by atoms with Gasteiger partial charge in [0.1, 0.15) is 11.4 Å². The van der Waals surface area contributed by atoms with Gasteiger partial charge in [-0.3, -0.25) is 0 Å². The minimum atomic E-state index is -0.451. The second-order valence-electron chi connectivity index (χ2n) is 4.77. The summed E-state index contributed by atoms with van der Waals surface area (Å²) in [6, 6.07) is 1.88. The first kappa shape index (κ1) is 14.2. The van der Waals surface area contributed by atoms with Crippen LogP contribution in [-0.2, 0) is 21.5 Å². The molecule has 1 aliphatic rings. The van der Waals surface area contributed by atoms with Gasteiger partial charge in [-0.15, -0.1) is 0 Å². The largest absolute Gasteiger partial charge is 0.381 e. The van der Waals surface area contributed by atoms with Crippen LogP contribution in [0.5, 0.6) is 0 Å². The number of nitrogens with two attached hydrogens (primary N) is 1. The molecule has 0 atom stereocenters. The Morgan fingerprint density at radius 1 is 1.42 bits per heavy atom. The fourth-order valence-electron chi connectivity index (χ4n) is 2.38. The van der Waals surface area contributed by atoms with Crippen molar-refractivity contribution in [1.82, 2.24) is 9.97 Å². The van der Waals surface area contributed by atoms with Crippen LogP contribution in [0, 0.1) is 0 Å². The van der Waals surface area contributed by atoms with Crippen molar-refractivity contribution in [3.63, 3.8) is 0 Å². The average molecular weight is 266 g/mol. The molecule has 0 aromatic carbocycles. The quantitative estimate of drug-likeness (QED) is 0.618. The Labute approximate surface area is 113 Å². The molecule has 2 heterocycles. The van der Waals surface area contributed by atoms with Gasteiger partial charge in [-0.05, 0) is 6.42 Å². The number of anilines is 1. The topological polar surface area (TPSA) is 82.3 Å². The Morgan fingerprint density at radius 2 is 2.16 bits per heavy atom.